The number of hydrogen-bond donors (Lipinski definition) is 2. The van der Waals surface area contributed by atoms with E-state index in [0.717, 1.165) is 18.4 Å². The van der Waals surface area contributed by atoms with Crippen LogP contribution >= 0.6 is 12.4 Å². The topological polar surface area (TPSA) is 50.4 Å². The van der Waals surface area contributed by atoms with Crippen molar-refractivity contribution in [3.8, 4) is 0 Å². The lowest BCUT2D eigenvalue weighted by atomic mass is 9.84. The van der Waals surface area contributed by atoms with Crippen LogP contribution < -0.4 is 10.6 Å². The SMILES string of the molecule is CC(NC(=O)C1COCCN1)C1CC2CCC1C2.Cl. The molecule has 3 aliphatic rings. The van der Waals surface area contributed by atoms with Crippen molar-refractivity contribution in [3.63, 3.8) is 0 Å². The van der Waals surface area contributed by atoms with Crippen LogP contribution in [-0.2, 0) is 9.53 Å². The molecule has 0 spiro atoms. The van der Waals surface area contributed by atoms with E-state index in [-0.39, 0.29) is 24.4 Å². The molecule has 5 heteroatoms. The number of carbonyl (C=O) groups is 1. The average molecular weight is 289 g/mol. The average Bonchev–Trinajstić information content (AvgIpc) is 3.02. The van der Waals surface area contributed by atoms with Crippen molar-refractivity contribution in [3.05, 3.63) is 0 Å². The van der Waals surface area contributed by atoms with Gasteiger partial charge in [-0.15, -0.1) is 12.4 Å². The molecule has 1 amide bonds. The second kappa shape index (κ2) is 6.42. The molecule has 0 aromatic rings. The predicted octanol–water partition coefficient (Wildman–Crippen LogP) is 1.34. The Bertz CT molecular complexity index is 321. The number of halogens is 1. The maximum Gasteiger partial charge on any atom is 0.239 e. The predicted molar refractivity (Wildman–Crippen MR) is 76.4 cm³/mol. The number of hydrogen-bond acceptors (Lipinski definition) is 3. The lowest BCUT2D eigenvalue weighted by molar-refractivity contribution is -0.127. The molecule has 2 N–H and O–H groups in total. The van der Waals surface area contributed by atoms with Gasteiger partial charge in [0.15, 0.2) is 0 Å². The van der Waals surface area contributed by atoms with E-state index in [9.17, 15) is 4.79 Å². The molecule has 5 unspecified atom stereocenters. The highest BCUT2D eigenvalue weighted by atomic mass is 35.5. The summed E-state index contributed by atoms with van der Waals surface area (Å²) in [6.45, 7) is 4.18. The van der Waals surface area contributed by atoms with Crippen molar-refractivity contribution in [1.82, 2.24) is 10.6 Å². The third kappa shape index (κ3) is 3.23. The van der Waals surface area contributed by atoms with E-state index in [1.807, 2.05) is 0 Å². The molecule has 110 valence electrons. The molecule has 3 fully saturated rings. The molecule has 3 rings (SSSR count). The van der Waals surface area contributed by atoms with Gasteiger partial charge in [0.25, 0.3) is 0 Å². The molecule has 2 saturated carbocycles. The van der Waals surface area contributed by atoms with Gasteiger partial charge in [-0.1, -0.05) is 6.42 Å². The van der Waals surface area contributed by atoms with Gasteiger partial charge in [0.05, 0.1) is 13.2 Å². The molecular formula is C14H25ClN2O2. The number of fused-ring (bicyclic) bond motifs is 2. The number of ether oxygens (including phenoxy) is 1. The summed E-state index contributed by atoms with van der Waals surface area (Å²) in [6.07, 6.45) is 5.51. The van der Waals surface area contributed by atoms with Crippen LogP contribution in [0.1, 0.15) is 32.6 Å². The number of nitrogens with one attached hydrogen (secondary N) is 2. The summed E-state index contributed by atoms with van der Waals surface area (Å²) in [5, 5.41) is 6.41. The summed E-state index contributed by atoms with van der Waals surface area (Å²) in [7, 11) is 0. The van der Waals surface area contributed by atoms with Crippen molar-refractivity contribution in [2.24, 2.45) is 17.8 Å². The molecule has 0 aromatic heterocycles. The minimum absolute atomic E-state index is 0. The molecule has 19 heavy (non-hydrogen) atoms. The lowest BCUT2D eigenvalue weighted by Crippen LogP contribution is -2.54. The first-order valence-electron chi connectivity index (χ1n) is 7.35. The molecule has 5 atom stereocenters. The van der Waals surface area contributed by atoms with Crippen molar-refractivity contribution in [2.45, 2.75) is 44.7 Å². The molecule has 1 heterocycles. The van der Waals surface area contributed by atoms with E-state index < -0.39 is 0 Å². The molecule has 4 nitrogen and oxygen atoms in total. The number of morpholine rings is 1. The van der Waals surface area contributed by atoms with Gasteiger partial charge < -0.3 is 15.4 Å². The lowest BCUT2D eigenvalue weighted by Gasteiger charge is -2.31. The van der Waals surface area contributed by atoms with Gasteiger partial charge in [-0.2, -0.15) is 0 Å². The summed E-state index contributed by atoms with van der Waals surface area (Å²) in [5.41, 5.74) is 0. The fraction of sp³-hybridized carbons (Fsp3) is 0.929. The molecule has 0 radical (unpaired) electrons. The highest BCUT2D eigenvalue weighted by molar-refractivity contribution is 5.85. The Morgan fingerprint density at radius 3 is 2.79 bits per heavy atom. The smallest absolute Gasteiger partial charge is 0.239 e. The van der Waals surface area contributed by atoms with Gasteiger partial charge in [0, 0.05) is 12.6 Å². The van der Waals surface area contributed by atoms with Gasteiger partial charge in [0.2, 0.25) is 5.91 Å². The fourth-order valence-corrected chi connectivity index (χ4v) is 4.07. The zero-order chi connectivity index (χ0) is 12.5. The first kappa shape index (κ1) is 15.1. The Labute approximate surface area is 121 Å². The second-order valence-corrected chi connectivity index (χ2v) is 6.22. The van der Waals surface area contributed by atoms with Gasteiger partial charge in [-0.05, 0) is 43.9 Å². The van der Waals surface area contributed by atoms with Crippen molar-refractivity contribution >= 4 is 18.3 Å². The molecule has 0 aromatic carbocycles. The number of amides is 1. The Balaban J connectivity index is 0.00000133. The fourth-order valence-electron chi connectivity index (χ4n) is 4.07. The van der Waals surface area contributed by atoms with Gasteiger partial charge in [-0.25, -0.2) is 0 Å². The third-order valence-corrected chi connectivity index (χ3v) is 5.04. The minimum atomic E-state index is -0.153. The molecule has 1 aliphatic heterocycles. The Hall–Kier alpha value is -0.320. The standard InChI is InChI=1S/C14H24N2O2.ClH/c1-9(12-7-10-2-3-11(12)6-10)16-14(17)13-8-18-5-4-15-13;/h9-13,15H,2-8H2,1H3,(H,16,17);1H. The second-order valence-electron chi connectivity index (χ2n) is 6.22. The van der Waals surface area contributed by atoms with E-state index >= 15 is 0 Å². The van der Waals surface area contributed by atoms with Crippen LogP contribution in [0.15, 0.2) is 0 Å². The van der Waals surface area contributed by atoms with E-state index in [4.69, 9.17) is 4.74 Å². The van der Waals surface area contributed by atoms with Crippen LogP contribution in [0, 0.1) is 17.8 Å². The highest BCUT2D eigenvalue weighted by Gasteiger charge is 2.42. The number of carbonyl (C=O) groups excluding carboxylic acids is 1. The van der Waals surface area contributed by atoms with Gasteiger partial charge in [-0.3, -0.25) is 4.79 Å². The van der Waals surface area contributed by atoms with Crippen LogP contribution in [0.3, 0.4) is 0 Å². The molecule has 2 bridgehead atoms. The van der Waals surface area contributed by atoms with E-state index in [1.165, 1.54) is 25.7 Å². The van der Waals surface area contributed by atoms with E-state index in [1.54, 1.807) is 0 Å². The maximum absolute atomic E-state index is 12.1. The Kier molecular flexibility index (Phi) is 5.09. The number of rotatable bonds is 3. The monoisotopic (exact) mass is 288 g/mol. The van der Waals surface area contributed by atoms with Crippen LogP contribution in [0.4, 0.5) is 0 Å². The summed E-state index contributed by atoms with van der Waals surface area (Å²) >= 11 is 0. The zero-order valence-corrected chi connectivity index (χ0v) is 12.4. The van der Waals surface area contributed by atoms with Crippen LogP contribution in [0.5, 0.6) is 0 Å². The van der Waals surface area contributed by atoms with Gasteiger partial charge in [0.1, 0.15) is 6.04 Å². The van der Waals surface area contributed by atoms with Crippen molar-refractivity contribution in [1.29, 1.82) is 0 Å². The van der Waals surface area contributed by atoms with E-state index in [2.05, 4.69) is 17.6 Å². The third-order valence-electron chi connectivity index (χ3n) is 5.04. The summed E-state index contributed by atoms with van der Waals surface area (Å²) < 4.78 is 5.34. The molecule has 2 aliphatic carbocycles. The summed E-state index contributed by atoms with van der Waals surface area (Å²) in [5.74, 6) is 2.62. The summed E-state index contributed by atoms with van der Waals surface area (Å²) in [4.78, 5) is 12.1. The highest BCUT2D eigenvalue weighted by Crippen LogP contribution is 2.49. The van der Waals surface area contributed by atoms with E-state index in [0.29, 0.717) is 25.2 Å². The first-order valence-corrected chi connectivity index (χ1v) is 7.35. The minimum Gasteiger partial charge on any atom is -0.378 e. The maximum atomic E-state index is 12.1. The molecule has 1 saturated heterocycles. The van der Waals surface area contributed by atoms with Crippen molar-refractivity contribution < 1.29 is 9.53 Å². The van der Waals surface area contributed by atoms with Crippen LogP contribution in [0.25, 0.3) is 0 Å². The van der Waals surface area contributed by atoms with Crippen molar-refractivity contribution in [2.75, 3.05) is 19.8 Å². The van der Waals surface area contributed by atoms with Gasteiger partial charge >= 0.3 is 0 Å². The van der Waals surface area contributed by atoms with Crippen LogP contribution in [0.2, 0.25) is 0 Å². The van der Waals surface area contributed by atoms with Crippen LogP contribution in [-0.4, -0.2) is 37.7 Å². The summed E-state index contributed by atoms with van der Waals surface area (Å²) in [6, 6.07) is 0.163. The molecular weight excluding hydrogens is 264 g/mol. The Morgan fingerprint density at radius 2 is 2.21 bits per heavy atom. The first-order chi connectivity index (χ1) is 8.74. The quantitative estimate of drug-likeness (QED) is 0.824. The normalized spacial score (nSPS) is 38.6. The zero-order valence-electron chi connectivity index (χ0n) is 11.6. The largest absolute Gasteiger partial charge is 0.378 e. The Morgan fingerprint density at radius 1 is 1.37 bits per heavy atom.